The van der Waals surface area contributed by atoms with Crippen LogP contribution in [-0.4, -0.2) is 7.11 Å². The molecule has 88 valence electrons. The summed E-state index contributed by atoms with van der Waals surface area (Å²) in [5.74, 6) is 0.611. The van der Waals surface area contributed by atoms with Gasteiger partial charge in [-0.25, -0.2) is 4.39 Å². The van der Waals surface area contributed by atoms with Crippen LogP contribution in [0, 0.1) is 5.82 Å². The topological polar surface area (TPSA) is 21.3 Å². The molecule has 2 aromatic rings. The lowest BCUT2D eigenvalue weighted by Crippen LogP contribution is -1.99. The molecule has 2 aromatic carbocycles. The fourth-order valence-corrected chi connectivity index (χ4v) is 1.56. The number of anilines is 1. The monoisotopic (exact) mass is 231 g/mol. The molecule has 0 bridgehead atoms. The van der Waals surface area contributed by atoms with Gasteiger partial charge < -0.3 is 10.1 Å². The molecule has 0 aliphatic heterocycles. The minimum absolute atomic E-state index is 0.209. The first-order valence-electron chi connectivity index (χ1n) is 5.40. The molecule has 1 N–H and O–H groups in total. The molecule has 0 aromatic heterocycles. The van der Waals surface area contributed by atoms with Crippen molar-refractivity contribution in [3.05, 3.63) is 59.9 Å². The molecule has 0 aliphatic carbocycles. The van der Waals surface area contributed by atoms with E-state index < -0.39 is 0 Å². The van der Waals surface area contributed by atoms with Gasteiger partial charge in [-0.3, -0.25) is 0 Å². The summed E-state index contributed by atoms with van der Waals surface area (Å²) in [5.41, 5.74) is 1.90. The number of hydrogen-bond donors (Lipinski definition) is 1. The molecule has 2 nitrogen and oxygen atoms in total. The average Bonchev–Trinajstić information content (AvgIpc) is 2.37. The lowest BCUT2D eigenvalue weighted by atomic mass is 10.2. The normalized spacial score (nSPS) is 10.0. The second kappa shape index (κ2) is 5.34. The van der Waals surface area contributed by atoms with Gasteiger partial charge in [0, 0.05) is 12.2 Å². The van der Waals surface area contributed by atoms with Crippen molar-refractivity contribution in [2.75, 3.05) is 12.4 Å². The van der Waals surface area contributed by atoms with Crippen molar-refractivity contribution in [1.82, 2.24) is 0 Å². The molecular formula is C14H14FNO. The lowest BCUT2D eigenvalue weighted by molar-refractivity contribution is 0.415. The van der Waals surface area contributed by atoms with Crippen molar-refractivity contribution < 1.29 is 9.13 Å². The van der Waals surface area contributed by atoms with Crippen molar-refractivity contribution in [1.29, 1.82) is 0 Å². The van der Waals surface area contributed by atoms with Crippen molar-refractivity contribution in [2.24, 2.45) is 0 Å². The van der Waals surface area contributed by atoms with Crippen LogP contribution in [0.25, 0.3) is 0 Å². The minimum atomic E-state index is -0.209. The largest absolute Gasteiger partial charge is 0.497 e. The summed E-state index contributed by atoms with van der Waals surface area (Å²) in [6.45, 7) is 0.601. The molecule has 17 heavy (non-hydrogen) atoms. The predicted octanol–water partition coefficient (Wildman–Crippen LogP) is 3.45. The fourth-order valence-electron chi connectivity index (χ4n) is 1.56. The Morgan fingerprint density at radius 2 is 1.88 bits per heavy atom. The summed E-state index contributed by atoms with van der Waals surface area (Å²) >= 11 is 0. The van der Waals surface area contributed by atoms with Gasteiger partial charge in [0.25, 0.3) is 0 Å². The molecule has 0 unspecified atom stereocenters. The zero-order chi connectivity index (χ0) is 12.1. The van der Waals surface area contributed by atoms with Gasteiger partial charge in [0.15, 0.2) is 0 Å². The number of benzene rings is 2. The summed E-state index contributed by atoms with van der Waals surface area (Å²) in [6.07, 6.45) is 0. The zero-order valence-corrected chi connectivity index (χ0v) is 9.61. The van der Waals surface area contributed by atoms with E-state index in [-0.39, 0.29) is 5.82 Å². The lowest BCUT2D eigenvalue weighted by Gasteiger charge is -2.07. The van der Waals surface area contributed by atoms with Crippen LogP contribution < -0.4 is 10.1 Å². The third-order valence-corrected chi connectivity index (χ3v) is 2.48. The molecule has 0 atom stereocenters. The number of rotatable bonds is 4. The second-order valence-electron chi connectivity index (χ2n) is 3.71. The Hall–Kier alpha value is -2.03. The van der Waals surface area contributed by atoms with Crippen LogP contribution in [0.15, 0.2) is 48.5 Å². The summed E-state index contributed by atoms with van der Waals surface area (Å²) in [7, 11) is 1.63. The van der Waals surface area contributed by atoms with Crippen LogP contribution in [-0.2, 0) is 6.54 Å². The van der Waals surface area contributed by atoms with E-state index in [1.807, 2.05) is 30.3 Å². The van der Waals surface area contributed by atoms with Gasteiger partial charge in [-0.05, 0) is 42.0 Å². The maximum absolute atomic E-state index is 12.9. The Bertz CT molecular complexity index is 482. The molecule has 0 saturated heterocycles. The van der Waals surface area contributed by atoms with Crippen molar-refractivity contribution >= 4 is 5.69 Å². The van der Waals surface area contributed by atoms with Crippen LogP contribution in [0.2, 0.25) is 0 Å². The molecule has 3 heteroatoms. The minimum Gasteiger partial charge on any atom is -0.497 e. The Labute approximate surface area is 100 Å². The third-order valence-electron chi connectivity index (χ3n) is 2.48. The molecule has 2 rings (SSSR count). The summed E-state index contributed by atoms with van der Waals surface area (Å²) in [6, 6.07) is 14.2. The number of hydrogen-bond acceptors (Lipinski definition) is 2. The summed E-state index contributed by atoms with van der Waals surface area (Å²) in [5, 5.41) is 3.22. The third kappa shape index (κ3) is 3.21. The smallest absolute Gasteiger partial charge is 0.123 e. The van der Waals surface area contributed by atoms with Gasteiger partial charge in [0.1, 0.15) is 11.6 Å². The summed E-state index contributed by atoms with van der Waals surface area (Å²) in [4.78, 5) is 0. The highest BCUT2D eigenvalue weighted by molar-refractivity contribution is 5.46. The first-order valence-corrected chi connectivity index (χ1v) is 5.40. The van der Waals surface area contributed by atoms with E-state index in [1.165, 1.54) is 12.1 Å². The van der Waals surface area contributed by atoms with E-state index >= 15 is 0 Å². The first kappa shape index (κ1) is 11.5. The highest BCUT2D eigenvalue weighted by Gasteiger charge is 1.96. The number of methoxy groups -OCH3 is 1. The van der Waals surface area contributed by atoms with Crippen molar-refractivity contribution in [3.8, 4) is 5.75 Å². The van der Waals surface area contributed by atoms with Crippen molar-refractivity contribution in [2.45, 2.75) is 6.54 Å². The second-order valence-corrected chi connectivity index (χ2v) is 3.71. The fraction of sp³-hybridized carbons (Fsp3) is 0.143. The van der Waals surface area contributed by atoms with Gasteiger partial charge in [-0.15, -0.1) is 0 Å². The Kier molecular flexibility index (Phi) is 3.60. The van der Waals surface area contributed by atoms with Gasteiger partial charge in [0.05, 0.1) is 7.11 Å². The Morgan fingerprint density at radius 3 is 2.53 bits per heavy atom. The van der Waals surface area contributed by atoms with E-state index in [0.29, 0.717) is 6.54 Å². The molecule has 0 saturated carbocycles. The molecule has 0 fully saturated rings. The molecular weight excluding hydrogens is 217 g/mol. The number of nitrogens with one attached hydrogen (secondary N) is 1. The van der Waals surface area contributed by atoms with Crippen LogP contribution in [0.1, 0.15) is 5.56 Å². The molecule has 0 amide bonds. The molecule has 0 spiro atoms. The first-order chi connectivity index (χ1) is 8.28. The molecule has 0 radical (unpaired) electrons. The van der Waals surface area contributed by atoms with Gasteiger partial charge >= 0.3 is 0 Å². The van der Waals surface area contributed by atoms with E-state index in [4.69, 9.17) is 4.74 Å². The molecule has 0 aliphatic rings. The van der Waals surface area contributed by atoms with E-state index in [0.717, 1.165) is 17.0 Å². The maximum Gasteiger partial charge on any atom is 0.123 e. The maximum atomic E-state index is 12.9. The van der Waals surface area contributed by atoms with Crippen LogP contribution in [0.5, 0.6) is 5.75 Å². The van der Waals surface area contributed by atoms with Crippen LogP contribution in [0.3, 0.4) is 0 Å². The SMILES string of the molecule is COc1ccc(NCc2cccc(F)c2)cc1. The highest BCUT2D eigenvalue weighted by Crippen LogP contribution is 2.16. The Balaban J connectivity index is 1.97. The van der Waals surface area contributed by atoms with E-state index in [2.05, 4.69) is 5.32 Å². The van der Waals surface area contributed by atoms with Gasteiger partial charge in [-0.2, -0.15) is 0 Å². The quantitative estimate of drug-likeness (QED) is 0.870. The zero-order valence-electron chi connectivity index (χ0n) is 9.61. The van der Waals surface area contributed by atoms with Crippen molar-refractivity contribution in [3.63, 3.8) is 0 Å². The molecule has 0 heterocycles. The standard InChI is InChI=1S/C14H14FNO/c1-17-14-7-5-13(6-8-14)16-10-11-3-2-4-12(15)9-11/h2-9,16H,10H2,1H3. The van der Waals surface area contributed by atoms with Crippen LogP contribution >= 0.6 is 0 Å². The predicted molar refractivity (Wildman–Crippen MR) is 66.7 cm³/mol. The summed E-state index contributed by atoms with van der Waals surface area (Å²) < 4.78 is 18.0. The van der Waals surface area contributed by atoms with Gasteiger partial charge in [0.2, 0.25) is 0 Å². The average molecular weight is 231 g/mol. The van der Waals surface area contributed by atoms with E-state index in [9.17, 15) is 4.39 Å². The highest BCUT2D eigenvalue weighted by atomic mass is 19.1. The van der Waals surface area contributed by atoms with Crippen LogP contribution in [0.4, 0.5) is 10.1 Å². The van der Waals surface area contributed by atoms with E-state index in [1.54, 1.807) is 13.2 Å². The van der Waals surface area contributed by atoms with Gasteiger partial charge in [-0.1, -0.05) is 12.1 Å². The number of ether oxygens (including phenoxy) is 1. The number of halogens is 1. The Morgan fingerprint density at radius 1 is 1.12 bits per heavy atom.